The van der Waals surface area contributed by atoms with E-state index in [9.17, 15) is 9.90 Å². The van der Waals surface area contributed by atoms with E-state index >= 15 is 4.39 Å². The highest BCUT2D eigenvalue weighted by Crippen LogP contribution is 2.36. The summed E-state index contributed by atoms with van der Waals surface area (Å²) in [5.41, 5.74) is 9.34. The molecule has 0 saturated carbocycles. The zero-order valence-electron chi connectivity index (χ0n) is 24.4. The van der Waals surface area contributed by atoms with Crippen molar-refractivity contribution < 1.29 is 23.8 Å². The van der Waals surface area contributed by atoms with Gasteiger partial charge in [-0.3, -0.25) is 4.79 Å². The number of carboxylic acids is 1. The molecule has 0 radical (unpaired) electrons. The van der Waals surface area contributed by atoms with E-state index in [1.165, 1.54) is 0 Å². The first-order chi connectivity index (χ1) is 21.4. The first kappa shape index (κ1) is 29.1. The lowest BCUT2D eigenvalue weighted by Crippen LogP contribution is -2.27. The quantitative estimate of drug-likeness (QED) is 0.174. The Morgan fingerprint density at radius 3 is 2.70 bits per heavy atom. The maximum absolute atomic E-state index is 16.6. The molecule has 226 valence electrons. The van der Waals surface area contributed by atoms with E-state index in [4.69, 9.17) is 20.2 Å². The van der Waals surface area contributed by atoms with Gasteiger partial charge in [0.05, 0.1) is 18.9 Å². The molecule has 9 nitrogen and oxygen atoms in total. The smallest absolute Gasteiger partial charge is 0.323 e. The van der Waals surface area contributed by atoms with Gasteiger partial charge < -0.3 is 30.2 Å². The molecule has 6 rings (SSSR count). The standard InChI is InChI=1S/C34H34FN5O4/c1-2-21-16-27(31(35)29(17-21)44-25-11-14-43-15-12-25)32(38-24-8-9-26-23(18-24)10-13-37-33(26)36)34-39-28(19-40(34)20-30(41)42)22-6-4-3-5-7-22/h3-10,13,16-19,25,32,38H,2,11-12,14-15,20H2,1H3,(H2,36,37)(H,41,42). The third-order valence-electron chi connectivity index (χ3n) is 7.86. The molecule has 44 heavy (non-hydrogen) atoms. The van der Waals surface area contributed by atoms with Crippen LogP contribution in [-0.4, -0.2) is 44.9 Å². The minimum atomic E-state index is -1.04. The number of halogens is 1. The van der Waals surface area contributed by atoms with Crippen LogP contribution in [0, 0.1) is 5.82 Å². The van der Waals surface area contributed by atoms with Crippen LogP contribution in [0.4, 0.5) is 15.9 Å². The number of carbonyl (C=O) groups is 1. The number of rotatable bonds is 10. The monoisotopic (exact) mass is 595 g/mol. The van der Waals surface area contributed by atoms with Crippen LogP contribution in [0.15, 0.2) is 79.1 Å². The van der Waals surface area contributed by atoms with Gasteiger partial charge in [-0.25, -0.2) is 14.4 Å². The van der Waals surface area contributed by atoms with Crippen molar-refractivity contribution in [3.8, 4) is 17.0 Å². The topological polar surface area (TPSA) is 125 Å². The van der Waals surface area contributed by atoms with Crippen molar-refractivity contribution in [3.05, 3.63) is 102 Å². The average molecular weight is 596 g/mol. The molecule has 3 heterocycles. The fourth-order valence-corrected chi connectivity index (χ4v) is 5.57. The molecule has 1 fully saturated rings. The van der Waals surface area contributed by atoms with Gasteiger partial charge in [0.15, 0.2) is 11.6 Å². The molecule has 1 saturated heterocycles. The summed E-state index contributed by atoms with van der Waals surface area (Å²) in [5.74, 6) is -0.639. The number of nitrogens with zero attached hydrogens (tertiary/aromatic N) is 3. The normalized spacial score (nSPS) is 14.4. The van der Waals surface area contributed by atoms with Crippen molar-refractivity contribution in [2.75, 3.05) is 24.3 Å². The van der Waals surface area contributed by atoms with Crippen LogP contribution in [-0.2, 0) is 22.5 Å². The highest BCUT2D eigenvalue weighted by Gasteiger charge is 2.29. The molecule has 0 spiro atoms. The van der Waals surface area contributed by atoms with Gasteiger partial charge in [0, 0.05) is 47.4 Å². The van der Waals surface area contributed by atoms with Crippen molar-refractivity contribution in [2.24, 2.45) is 0 Å². The van der Waals surface area contributed by atoms with E-state index in [2.05, 4.69) is 10.3 Å². The van der Waals surface area contributed by atoms with Gasteiger partial charge in [-0.1, -0.05) is 43.3 Å². The second-order valence-electron chi connectivity index (χ2n) is 10.9. The van der Waals surface area contributed by atoms with E-state index in [1.54, 1.807) is 29.1 Å². The predicted octanol–water partition coefficient (Wildman–Crippen LogP) is 6.23. The van der Waals surface area contributed by atoms with E-state index in [0.717, 1.165) is 21.9 Å². The molecule has 0 aliphatic carbocycles. The number of imidazole rings is 1. The summed E-state index contributed by atoms with van der Waals surface area (Å²) in [6.07, 6.45) is 5.15. The first-order valence-corrected chi connectivity index (χ1v) is 14.7. The lowest BCUT2D eigenvalue weighted by atomic mass is 9.99. The van der Waals surface area contributed by atoms with Crippen molar-refractivity contribution in [1.82, 2.24) is 14.5 Å². The van der Waals surface area contributed by atoms with E-state index in [-0.39, 0.29) is 18.4 Å². The number of aryl methyl sites for hydroxylation is 1. The Hall–Kier alpha value is -4.96. The number of pyridine rings is 1. The van der Waals surface area contributed by atoms with Crippen molar-refractivity contribution in [1.29, 1.82) is 0 Å². The maximum Gasteiger partial charge on any atom is 0.323 e. The Morgan fingerprint density at radius 1 is 1.16 bits per heavy atom. The van der Waals surface area contributed by atoms with Gasteiger partial charge in [-0.15, -0.1) is 0 Å². The maximum atomic E-state index is 16.6. The molecule has 0 amide bonds. The summed E-state index contributed by atoms with van der Waals surface area (Å²) >= 11 is 0. The molecule has 2 aromatic heterocycles. The predicted molar refractivity (Wildman–Crippen MR) is 167 cm³/mol. The Balaban J connectivity index is 1.51. The van der Waals surface area contributed by atoms with Gasteiger partial charge in [-0.05, 0) is 47.7 Å². The molecule has 5 aromatic rings. The van der Waals surface area contributed by atoms with Crippen LogP contribution >= 0.6 is 0 Å². The fourth-order valence-electron chi connectivity index (χ4n) is 5.57. The van der Waals surface area contributed by atoms with Gasteiger partial charge in [-0.2, -0.15) is 0 Å². The number of nitrogens with two attached hydrogens (primary N) is 1. The largest absolute Gasteiger partial charge is 0.487 e. The Labute approximate surface area is 254 Å². The summed E-state index contributed by atoms with van der Waals surface area (Å²) in [7, 11) is 0. The average Bonchev–Trinajstić information content (AvgIpc) is 3.45. The summed E-state index contributed by atoms with van der Waals surface area (Å²) < 4.78 is 29.9. The van der Waals surface area contributed by atoms with Crippen LogP contribution < -0.4 is 15.8 Å². The molecule has 1 aliphatic rings. The van der Waals surface area contributed by atoms with Gasteiger partial charge in [0.2, 0.25) is 0 Å². The van der Waals surface area contributed by atoms with Crippen molar-refractivity contribution in [3.63, 3.8) is 0 Å². The number of benzene rings is 3. The minimum Gasteiger partial charge on any atom is -0.487 e. The molecule has 3 aromatic carbocycles. The summed E-state index contributed by atoms with van der Waals surface area (Å²) in [4.78, 5) is 21.1. The molecule has 4 N–H and O–H groups in total. The first-order valence-electron chi connectivity index (χ1n) is 14.7. The van der Waals surface area contributed by atoms with Crippen LogP contribution in [0.3, 0.4) is 0 Å². The van der Waals surface area contributed by atoms with E-state index < -0.39 is 17.8 Å². The third kappa shape index (κ3) is 6.21. The van der Waals surface area contributed by atoms with Crippen LogP contribution in [0.2, 0.25) is 0 Å². The molecular formula is C34H34FN5O4. The molecule has 1 aliphatic heterocycles. The SMILES string of the molecule is CCc1cc(OC2CCOCC2)c(F)c(C(Nc2ccc3c(N)nccc3c2)c2nc(-c3ccccc3)cn2CC(=O)O)c1. The number of aliphatic carboxylic acids is 1. The van der Waals surface area contributed by atoms with Crippen LogP contribution in [0.1, 0.15) is 42.8 Å². The van der Waals surface area contributed by atoms with E-state index in [1.807, 2.05) is 61.5 Å². The van der Waals surface area contributed by atoms with Crippen molar-refractivity contribution >= 4 is 28.2 Å². The Morgan fingerprint density at radius 2 is 1.95 bits per heavy atom. The number of carboxylic acid groups (broad SMARTS) is 1. The molecule has 1 unspecified atom stereocenters. The highest BCUT2D eigenvalue weighted by atomic mass is 19.1. The number of fused-ring (bicyclic) bond motifs is 1. The van der Waals surface area contributed by atoms with Crippen LogP contribution in [0.5, 0.6) is 5.75 Å². The lowest BCUT2D eigenvalue weighted by Gasteiger charge is -2.26. The molecule has 10 heteroatoms. The number of nitrogen functional groups attached to an aromatic ring is 1. The minimum absolute atomic E-state index is 0.162. The lowest BCUT2D eigenvalue weighted by molar-refractivity contribution is -0.137. The van der Waals surface area contributed by atoms with Crippen LogP contribution in [0.25, 0.3) is 22.0 Å². The number of ether oxygens (including phenoxy) is 2. The summed E-state index contributed by atoms with van der Waals surface area (Å²) in [6, 6.07) is 19.6. The van der Waals surface area contributed by atoms with Gasteiger partial charge in [0.25, 0.3) is 0 Å². The molecule has 0 bridgehead atoms. The number of nitrogens with one attached hydrogen (secondary N) is 1. The fraction of sp³-hybridized carbons (Fsp3) is 0.265. The number of hydrogen-bond donors (Lipinski definition) is 3. The zero-order chi connectivity index (χ0) is 30.6. The third-order valence-corrected chi connectivity index (χ3v) is 7.86. The summed E-state index contributed by atoms with van der Waals surface area (Å²) in [5, 5.41) is 14.9. The molecule has 1 atom stereocenters. The number of anilines is 2. The van der Waals surface area contributed by atoms with Crippen molar-refractivity contribution in [2.45, 2.75) is 44.9 Å². The molecular weight excluding hydrogens is 561 g/mol. The number of aromatic nitrogens is 3. The van der Waals surface area contributed by atoms with Gasteiger partial charge >= 0.3 is 5.97 Å². The van der Waals surface area contributed by atoms with E-state index in [0.29, 0.717) is 61.1 Å². The van der Waals surface area contributed by atoms with Gasteiger partial charge in [0.1, 0.15) is 30.3 Å². The Kier molecular flexibility index (Phi) is 8.42. The highest BCUT2D eigenvalue weighted by molar-refractivity contribution is 5.93. The Bertz CT molecular complexity index is 1790. The zero-order valence-corrected chi connectivity index (χ0v) is 24.4. The number of hydrogen-bond acceptors (Lipinski definition) is 7. The second-order valence-corrected chi connectivity index (χ2v) is 10.9. The second kappa shape index (κ2) is 12.7. The summed E-state index contributed by atoms with van der Waals surface area (Å²) in [6.45, 7) is 2.77.